The maximum atomic E-state index is 12.2. The van der Waals surface area contributed by atoms with E-state index in [0.717, 1.165) is 10.7 Å². The lowest BCUT2D eigenvalue weighted by Crippen LogP contribution is -2.33. The second kappa shape index (κ2) is 7.45. The zero-order valence-corrected chi connectivity index (χ0v) is 14.2. The molecule has 0 fully saturated rings. The molecule has 1 heterocycles. The van der Waals surface area contributed by atoms with E-state index in [1.807, 2.05) is 52.0 Å². The minimum Gasteiger partial charge on any atom is -0.345 e. The number of carbonyl (C=O) groups excluding carboxylic acids is 1. The van der Waals surface area contributed by atoms with Gasteiger partial charge >= 0.3 is 0 Å². The van der Waals surface area contributed by atoms with Gasteiger partial charge < -0.3 is 5.32 Å². The Labute approximate surface area is 135 Å². The average Bonchev–Trinajstić information content (AvgIpc) is 2.90. The first-order chi connectivity index (χ1) is 10.5. The van der Waals surface area contributed by atoms with Crippen molar-refractivity contribution in [3.05, 3.63) is 41.5 Å². The zero-order valence-electron chi connectivity index (χ0n) is 13.4. The third-order valence-corrected chi connectivity index (χ3v) is 4.50. The summed E-state index contributed by atoms with van der Waals surface area (Å²) in [5.74, 6) is 2.00. The van der Waals surface area contributed by atoms with E-state index in [-0.39, 0.29) is 17.9 Å². The Morgan fingerprint density at radius 3 is 2.64 bits per heavy atom. The molecule has 5 nitrogen and oxygen atoms in total. The summed E-state index contributed by atoms with van der Waals surface area (Å²) >= 11 is 1.55. The summed E-state index contributed by atoms with van der Waals surface area (Å²) in [5, 5.41) is 10.0. The van der Waals surface area contributed by atoms with Crippen molar-refractivity contribution >= 4 is 17.7 Å². The Morgan fingerprint density at radius 2 is 2.05 bits per heavy atom. The normalized spacial score (nSPS) is 12.4. The number of hydrogen-bond donors (Lipinski definition) is 2. The van der Waals surface area contributed by atoms with Crippen molar-refractivity contribution in [2.24, 2.45) is 5.92 Å². The van der Waals surface area contributed by atoms with Crippen molar-refractivity contribution in [2.45, 2.75) is 38.6 Å². The zero-order chi connectivity index (χ0) is 16.1. The van der Waals surface area contributed by atoms with Crippen molar-refractivity contribution in [1.29, 1.82) is 0 Å². The number of thioether (sulfide) groups is 1. The van der Waals surface area contributed by atoms with E-state index in [2.05, 4.69) is 20.5 Å². The summed E-state index contributed by atoms with van der Waals surface area (Å²) in [6.45, 7) is 7.99. The molecule has 118 valence electrons. The predicted molar refractivity (Wildman–Crippen MR) is 88.7 cm³/mol. The quantitative estimate of drug-likeness (QED) is 0.803. The van der Waals surface area contributed by atoms with Crippen molar-refractivity contribution in [3.8, 4) is 0 Å². The number of amides is 1. The molecule has 1 atom stereocenters. The van der Waals surface area contributed by atoms with Gasteiger partial charge in [-0.2, -0.15) is 5.10 Å². The summed E-state index contributed by atoms with van der Waals surface area (Å²) in [7, 11) is 0. The van der Waals surface area contributed by atoms with E-state index < -0.39 is 0 Å². The molecule has 2 aromatic rings. The number of aryl methyl sites for hydroxylation is 2. The molecule has 22 heavy (non-hydrogen) atoms. The van der Waals surface area contributed by atoms with E-state index in [9.17, 15) is 4.79 Å². The van der Waals surface area contributed by atoms with Crippen LogP contribution in [0, 0.1) is 19.8 Å². The number of carbonyl (C=O) groups is 1. The molecule has 0 spiro atoms. The van der Waals surface area contributed by atoms with Crippen LogP contribution in [0.4, 0.5) is 0 Å². The largest absolute Gasteiger partial charge is 0.345 e. The molecule has 1 aromatic carbocycles. The second-order valence-corrected chi connectivity index (χ2v) is 6.64. The Kier molecular flexibility index (Phi) is 5.60. The van der Waals surface area contributed by atoms with Crippen LogP contribution in [0.5, 0.6) is 0 Å². The van der Waals surface area contributed by atoms with Crippen LogP contribution in [0.15, 0.2) is 29.2 Å². The number of aromatic nitrogens is 3. The lowest BCUT2D eigenvalue weighted by atomic mass is 10.0. The number of hydrogen-bond acceptors (Lipinski definition) is 4. The summed E-state index contributed by atoms with van der Waals surface area (Å²) in [6.07, 6.45) is 0. The highest BCUT2D eigenvalue weighted by Gasteiger charge is 2.22. The molecule has 6 heteroatoms. The predicted octanol–water partition coefficient (Wildman–Crippen LogP) is 3.03. The van der Waals surface area contributed by atoms with Gasteiger partial charge in [0.25, 0.3) is 0 Å². The van der Waals surface area contributed by atoms with Crippen molar-refractivity contribution < 1.29 is 4.79 Å². The summed E-state index contributed by atoms with van der Waals surface area (Å²) in [6, 6.07) is 7.90. The molecular formula is C16H22N4OS. The van der Waals surface area contributed by atoms with Gasteiger partial charge in [0.2, 0.25) is 5.91 Å². The van der Waals surface area contributed by atoms with Crippen molar-refractivity contribution in [3.63, 3.8) is 0 Å². The molecule has 0 bridgehead atoms. The fourth-order valence-corrected chi connectivity index (χ4v) is 2.95. The standard InChI is InChI=1S/C16H22N4OS/c1-10(2)15(16-17-12(4)19-20-16)18-14(21)9-22-13-8-6-5-7-11(13)3/h5-8,10,15H,9H2,1-4H3,(H,18,21)(H,17,19,20)/t15-/m1/s1. The third kappa shape index (κ3) is 4.34. The lowest BCUT2D eigenvalue weighted by molar-refractivity contribution is -0.119. The molecule has 0 unspecified atom stereocenters. The Morgan fingerprint density at radius 1 is 1.32 bits per heavy atom. The second-order valence-electron chi connectivity index (χ2n) is 5.62. The molecule has 0 saturated carbocycles. The van der Waals surface area contributed by atoms with Gasteiger partial charge in [-0.1, -0.05) is 32.0 Å². The van der Waals surface area contributed by atoms with Crippen LogP contribution in [-0.4, -0.2) is 26.8 Å². The van der Waals surface area contributed by atoms with Gasteiger partial charge in [0.1, 0.15) is 5.82 Å². The van der Waals surface area contributed by atoms with E-state index >= 15 is 0 Å². The Bertz CT molecular complexity index is 639. The smallest absolute Gasteiger partial charge is 0.230 e. The van der Waals surface area contributed by atoms with Crippen LogP contribution < -0.4 is 5.32 Å². The fourth-order valence-electron chi connectivity index (χ4n) is 2.11. The molecule has 0 radical (unpaired) electrons. The number of rotatable bonds is 6. The number of nitrogens with one attached hydrogen (secondary N) is 2. The lowest BCUT2D eigenvalue weighted by Gasteiger charge is -2.19. The highest BCUT2D eigenvalue weighted by atomic mass is 32.2. The number of aromatic amines is 1. The minimum atomic E-state index is -0.171. The Hall–Kier alpha value is -1.82. The van der Waals surface area contributed by atoms with Crippen LogP contribution in [0.3, 0.4) is 0 Å². The maximum Gasteiger partial charge on any atom is 0.230 e. The van der Waals surface area contributed by atoms with Gasteiger partial charge in [0, 0.05) is 4.90 Å². The van der Waals surface area contributed by atoms with Crippen molar-refractivity contribution in [2.75, 3.05) is 5.75 Å². The third-order valence-electron chi connectivity index (χ3n) is 3.33. The summed E-state index contributed by atoms with van der Waals surface area (Å²) in [4.78, 5) is 17.7. The molecule has 0 aliphatic heterocycles. The summed E-state index contributed by atoms with van der Waals surface area (Å²) < 4.78 is 0. The molecule has 1 aromatic heterocycles. The first kappa shape index (κ1) is 16.5. The molecule has 1 amide bonds. The van der Waals surface area contributed by atoms with E-state index in [0.29, 0.717) is 11.6 Å². The van der Waals surface area contributed by atoms with Gasteiger partial charge in [-0.05, 0) is 31.4 Å². The van der Waals surface area contributed by atoms with Crippen LogP contribution >= 0.6 is 11.8 Å². The molecule has 0 aliphatic carbocycles. The molecule has 2 N–H and O–H groups in total. The van der Waals surface area contributed by atoms with Crippen LogP contribution in [0.25, 0.3) is 0 Å². The van der Waals surface area contributed by atoms with Crippen molar-refractivity contribution in [1.82, 2.24) is 20.5 Å². The minimum absolute atomic E-state index is 0.00518. The van der Waals surface area contributed by atoms with Gasteiger partial charge in [0.05, 0.1) is 11.8 Å². The molecular weight excluding hydrogens is 296 g/mol. The first-order valence-corrected chi connectivity index (χ1v) is 8.32. The van der Waals surface area contributed by atoms with E-state index in [4.69, 9.17) is 0 Å². The van der Waals surface area contributed by atoms with Gasteiger partial charge in [-0.15, -0.1) is 11.8 Å². The van der Waals surface area contributed by atoms with Crippen LogP contribution in [-0.2, 0) is 4.79 Å². The number of nitrogens with zero attached hydrogens (tertiary/aromatic N) is 2. The van der Waals surface area contributed by atoms with E-state index in [1.54, 1.807) is 11.8 Å². The summed E-state index contributed by atoms with van der Waals surface area (Å²) in [5.41, 5.74) is 1.19. The molecule has 0 saturated heterocycles. The number of H-pyrrole nitrogens is 1. The fraction of sp³-hybridized carbons (Fsp3) is 0.438. The van der Waals surface area contributed by atoms with E-state index in [1.165, 1.54) is 5.56 Å². The van der Waals surface area contributed by atoms with Crippen LogP contribution in [0.1, 0.15) is 37.1 Å². The van der Waals surface area contributed by atoms with Gasteiger partial charge in [0.15, 0.2) is 5.82 Å². The SMILES string of the molecule is Cc1nc([C@H](NC(=O)CSc2ccccc2C)C(C)C)n[nH]1. The molecule has 2 rings (SSSR count). The maximum absolute atomic E-state index is 12.2. The molecule has 0 aliphatic rings. The average molecular weight is 318 g/mol. The highest BCUT2D eigenvalue weighted by Crippen LogP contribution is 2.23. The topological polar surface area (TPSA) is 70.7 Å². The number of benzene rings is 1. The monoisotopic (exact) mass is 318 g/mol. The van der Waals surface area contributed by atoms with Crippen LogP contribution in [0.2, 0.25) is 0 Å². The highest BCUT2D eigenvalue weighted by molar-refractivity contribution is 8.00. The Balaban J connectivity index is 1.96. The van der Waals surface area contributed by atoms with Gasteiger partial charge in [-0.25, -0.2) is 4.98 Å². The first-order valence-electron chi connectivity index (χ1n) is 7.34. The van der Waals surface area contributed by atoms with Gasteiger partial charge in [-0.3, -0.25) is 9.89 Å².